The highest BCUT2D eigenvalue weighted by molar-refractivity contribution is 7.92. The zero-order chi connectivity index (χ0) is 22.9. The molecule has 0 aliphatic carbocycles. The Morgan fingerprint density at radius 3 is 1.78 bits per heavy atom. The molecule has 2 saturated heterocycles. The highest BCUT2D eigenvalue weighted by Gasteiger charge is 2.30. The number of anilines is 2. The summed E-state index contributed by atoms with van der Waals surface area (Å²) in [6.07, 6.45) is 2.96. The van der Waals surface area contributed by atoms with Gasteiger partial charge in [-0.25, -0.2) is 16.8 Å². The van der Waals surface area contributed by atoms with Crippen molar-refractivity contribution in [2.24, 2.45) is 0 Å². The van der Waals surface area contributed by atoms with Crippen LogP contribution in [0.3, 0.4) is 0 Å². The van der Waals surface area contributed by atoms with Crippen LogP contribution in [0.5, 0.6) is 0 Å². The van der Waals surface area contributed by atoms with Crippen molar-refractivity contribution in [2.45, 2.75) is 41.9 Å². The van der Waals surface area contributed by atoms with Gasteiger partial charge in [0.15, 0.2) is 0 Å². The third-order valence-corrected chi connectivity index (χ3v) is 8.83. The van der Waals surface area contributed by atoms with Crippen molar-refractivity contribution in [2.75, 3.05) is 22.7 Å². The van der Waals surface area contributed by atoms with E-state index < -0.39 is 20.0 Å². The Bertz CT molecular complexity index is 1220. The van der Waals surface area contributed by atoms with Crippen LogP contribution in [0.4, 0.5) is 11.4 Å². The molecule has 2 aliphatic heterocycles. The fourth-order valence-electron chi connectivity index (χ4n) is 3.80. The third kappa shape index (κ3) is 4.41. The minimum atomic E-state index is -3.95. The van der Waals surface area contributed by atoms with E-state index in [1.165, 1.54) is 52.8 Å². The van der Waals surface area contributed by atoms with Gasteiger partial charge in [-0.3, -0.25) is 19.2 Å². The summed E-state index contributed by atoms with van der Waals surface area (Å²) in [6.45, 7) is 0.975. The number of piperidine rings is 1. The van der Waals surface area contributed by atoms with Crippen molar-refractivity contribution in [3.63, 3.8) is 0 Å². The molecular formula is C21H23N3O6S2. The van der Waals surface area contributed by atoms with E-state index in [1.807, 2.05) is 0 Å². The van der Waals surface area contributed by atoms with Gasteiger partial charge in [-0.2, -0.15) is 4.31 Å². The number of nitrogens with one attached hydrogen (secondary N) is 1. The summed E-state index contributed by atoms with van der Waals surface area (Å²) in [5.41, 5.74) is 0.542. The maximum Gasteiger partial charge on any atom is 0.261 e. The first kappa shape index (κ1) is 22.4. The zero-order valence-corrected chi connectivity index (χ0v) is 18.9. The van der Waals surface area contributed by atoms with Gasteiger partial charge in [0.1, 0.15) is 0 Å². The minimum absolute atomic E-state index is 0.0506. The molecule has 0 unspecified atom stereocenters. The van der Waals surface area contributed by atoms with E-state index in [0.29, 0.717) is 18.8 Å². The molecule has 2 fully saturated rings. The number of rotatable bonds is 6. The van der Waals surface area contributed by atoms with Crippen LogP contribution in [0.15, 0.2) is 58.3 Å². The van der Waals surface area contributed by atoms with E-state index in [0.717, 1.165) is 24.2 Å². The molecule has 0 radical (unpaired) electrons. The van der Waals surface area contributed by atoms with Gasteiger partial charge >= 0.3 is 0 Å². The number of carbonyl (C=O) groups is 2. The molecule has 1 N–H and O–H groups in total. The average molecular weight is 478 g/mol. The van der Waals surface area contributed by atoms with Crippen molar-refractivity contribution in [3.05, 3.63) is 48.5 Å². The van der Waals surface area contributed by atoms with Gasteiger partial charge in [-0.05, 0) is 61.4 Å². The van der Waals surface area contributed by atoms with Crippen LogP contribution in [0, 0.1) is 0 Å². The first-order valence-corrected chi connectivity index (χ1v) is 13.2. The second-order valence-corrected chi connectivity index (χ2v) is 11.3. The van der Waals surface area contributed by atoms with Crippen LogP contribution in [0.25, 0.3) is 0 Å². The molecule has 2 aliphatic rings. The molecule has 11 heteroatoms. The van der Waals surface area contributed by atoms with Gasteiger partial charge in [0.25, 0.3) is 10.0 Å². The SMILES string of the molecule is O=C1CCC(=O)N1c1ccc(S(=O)(=O)Nc2ccc(S(=O)(=O)N3CCCCC3)cc2)cc1. The Labute approximate surface area is 187 Å². The normalized spacial score (nSPS) is 18.2. The quantitative estimate of drug-likeness (QED) is 0.638. The topological polar surface area (TPSA) is 121 Å². The average Bonchev–Trinajstić information content (AvgIpc) is 3.12. The number of imide groups is 1. The van der Waals surface area contributed by atoms with Gasteiger partial charge in [0, 0.05) is 31.6 Å². The van der Waals surface area contributed by atoms with Crippen molar-refractivity contribution >= 4 is 43.2 Å². The van der Waals surface area contributed by atoms with Crippen molar-refractivity contribution in [1.29, 1.82) is 0 Å². The fourth-order valence-corrected chi connectivity index (χ4v) is 6.38. The van der Waals surface area contributed by atoms with E-state index in [2.05, 4.69) is 4.72 Å². The molecule has 2 heterocycles. The van der Waals surface area contributed by atoms with Gasteiger partial charge in [0.05, 0.1) is 15.5 Å². The number of hydrogen-bond donors (Lipinski definition) is 1. The number of amides is 2. The number of nitrogens with zero attached hydrogens (tertiary/aromatic N) is 2. The van der Waals surface area contributed by atoms with Crippen LogP contribution >= 0.6 is 0 Å². The molecule has 0 saturated carbocycles. The summed E-state index contributed by atoms with van der Waals surface area (Å²) >= 11 is 0. The Morgan fingerprint density at radius 1 is 0.688 bits per heavy atom. The maximum atomic E-state index is 12.7. The summed E-state index contributed by atoms with van der Waals surface area (Å²) in [5, 5.41) is 0. The summed E-state index contributed by atoms with van der Waals surface area (Å²) in [5.74, 6) is -0.633. The predicted molar refractivity (Wildman–Crippen MR) is 118 cm³/mol. The van der Waals surface area contributed by atoms with E-state index in [9.17, 15) is 26.4 Å². The van der Waals surface area contributed by atoms with Crippen LogP contribution in [-0.2, 0) is 29.6 Å². The Balaban J connectivity index is 1.48. The van der Waals surface area contributed by atoms with Crippen molar-refractivity contribution in [3.8, 4) is 0 Å². The number of carbonyl (C=O) groups excluding carboxylic acids is 2. The predicted octanol–water partition coefficient (Wildman–Crippen LogP) is 2.32. The molecule has 2 aromatic carbocycles. The lowest BCUT2D eigenvalue weighted by Crippen LogP contribution is -2.35. The molecule has 0 atom stereocenters. The lowest BCUT2D eigenvalue weighted by molar-refractivity contribution is -0.121. The zero-order valence-electron chi connectivity index (χ0n) is 17.2. The fraction of sp³-hybridized carbons (Fsp3) is 0.333. The molecule has 2 aromatic rings. The molecule has 4 rings (SSSR count). The van der Waals surface area contributed by atoms with E-state index in [1.54, 1.807) is 0 Å². The first-order valence-electron chi connectivity index (χ1n) is 10.3. The summed E-state index contributed by atoms with van der Waals surface area (Å²) in [6, 6.07) is 11.0. The highest BCUT2D eigenvalue weighted by Crippen LogP contribution is 2.26. The van der Waals surface area contributed by atoms with Crippen LogP contribution < -0.4 is 9.62 Å². The smallest absolute Gasteiger partial charge is 0.261 e. The molecule has 0 aromatic heterocycles. The van der Waals surface area contributed by atoms with E-state index in [4.69, 9.17) is 0 Å². The summed E-state index contributed by atoms with van der Waals surface area (Å²) in [4.78, 5) is 24.8. The second kappa shape index (κ2) is 8.64. The Morgan fingerprint density at radius 2 is 1.22 bits per heavy atom. The largest absolute Gasteiger partial charge is 0.280 e. The van der Waals surface area contributed by atoms with E-state index >= 15 is 0 Å². The van der Waals surface area contributed by atoms with Crippen LogP contribution in [-0.4, -0.2) is 46.0 Å². The third-order valence-electron chi connectivity index (χ3n) is 5.52. The second-order valence-electron chi connectivity index (χ2n) is 7.71. The van der Waals surface area contributed by atoms with Gasteiger partial charge in [-0.1, -0.05) is 6.42 Å². The maximum absolute atomic E-state index is 12.7. The molecular weight excluding hydrogens is 454 g/mol. The van der Waals surface area contributed by atoms with Crippen LogP contribution in [0.1, 0.15) is 32.1 Å². The number of sulfonamides is 2. The van der Waals surface area contributed by atoms with Gasteiger partial charge in [0.2, 0.25) is 21.8 Å². The van der Waals surface area contributed by atoms with E-state index in [-0.39, 0.29) is 40.1 Å². The lowest BCUT2D eigenvalue weighted by Gasteiger charge is -2.25. The van der Waals surface area contributed by atoms with Gasteiger partial charge in [-0.15, -0.1) is 0 Å². The van der Waals surface area contributed by atoms with Crippen LogP contribution in [0.2, 0.25) is 0 Å². The summed E-state index contributed by atoms with van der Waals surface area (Å²) in [7, 11) is -7.55. The molecule has 170 valence electrons. The number of hydrogen-bond acceptors (Lipinski definition) is 6. The Hall–Kier alpha value is -2.76. The molecule has 0 spiro atoms. The Kier molecular flexibility index (Phi) is 6.06. The highest BCUT2D eigenvalue weighted by atomic mass is 32.2. The number of benzene rings is 2. The molecule has 0 bridgehead atoms. The van der Waals surface area contributed by atoms with Crippen molar-refractivity contribution in [1.82, 2.24) is 4.31 Å². The molecule has 2 amide bonds. The first-order chi connectivity index (χ1) is 15.2. The standard InChI is InChI=1S/C21H23N3O6S2/c25-20-12-13-21(26)24(20)17-6-10-18(11-7-17)31(27,28)22-16-4-8-19(9-5-16)32(29,30)23-14-2-1-3-15-23/h4-11,22H,1-3,12-15H2. The minimum Gasteiger partial charge on any atom is -0.280 e. The molecule has 9 nitrogen and oxygen atoms in total. The van der Waals surface area contributed by atoms with Gasteiger partial charge < -0.3 is 0 Å². The monoisotopic (exact) mass is 477 g/mol. The lowest BCUT2D eigenvalue weighted by atomic mass is 10.2. The van der Waals surface area contributed by atoms with Crippen molar-refractivity contribution < 1.29 is 26.4 Å². The summed E-state index contributed by atoms with van der Waals surface area (Å²) < 4.78 is 54.7. The molecule has 32 heavy (non-hydrogen) atoms.